The van der Waals surface area contributed by atoms with E-state index in [-0.39, 0.29) is 16.6 Å². The number of benzene rings is 1. The lowest BCUT2D eigenvalue weighted by Gasteiger charge is -2.29. The van der Waals surface area contributed by atoms with Crippen LogP contribution in [0.25, 0.3) is 0 Å². The van der Waals surface area contributed by atoms with Gasteiger partial charge < -0.3 is 14.7 Å². The molecule has 0 bridgehead atoms. The fourth-order valence-corrected chi connectivity index (χ4v) is 6.00. The first-order valence-electron chi connectivity index (χ1n) is 12.2. The SMILES string of the molecule is CO.COC1=C(/C=C2/N(C)C3=C(C=CCC3)C2(C)C)C(=O)/C1=C\C1=[N+](C)c2ccccc2C1(C)C. The number of Topliss-reactive ketones (excluding diaryl/α,β-unsaturated/α-hetero) is 1. The highest BCUT2D eigenvalue weighted by molar-refractivity contribution is 6.24. The Bertz CT molecular complexity index is 1280. The lowest BCUT2D eigenvalue weighted by atomic mass is 9.77. The average Bonchev–Trinajstić information content (AvgIpc) is 3.18. The van der Waals surface area contributed by atoms with Crippen LogP contribution in [0.1, 0.15) is 46.1 Å². The molecule has 5 heteroatoms. The number of rotatable bonds is 3. The van der Waals surface area contributed by atoms with Crippen molar-refractivity contribution >= 4 is 17.2 Å². The van der Waals surface area contributed by atoms with Crippen molar-refractivity contribution < 1.29 is 19.2 Å². The van der Waals surface area contributed by atoms with Crippen LogP contribution in [0.4, 0.5) is 5.69 Å². The van der Waals surface area contributed by atoms with Gasteiger partial charge in [-0.2, -0.15) is 4.58 Å². The summed E-state index contributed by atoms with van der Waals surface area (Å²) in [4.78, 5) is 15.7. The summed E-state index contributed by atoms with van der Waals surface area (Å²) in [5.74, 6) is 0.737. The van der Waals surface area contributed by atoms with Gasteiger partial charge in [0.1, 0.15) is 12.8 Å². The number of hydrogen-bond acceptors (Lipinski definition) is 4. The summed E-state index contributed by atoms with van der Waals surface area (Å²) in [6, 6.07) is 8.44. The van der Waals surface area contributed by atoms with Crippen LogP contribution < -0.4 is 0 Å². The molecule has 5 rings (SSSR count). The van der Waals surface area contributed by atoms with Crippen LogP contribution in [0.3, 0.4) is 0 Å². The molecule has 35 heavy (non-hydrogen) atoms. The summed E-state index contributed by atoms with van der Waals surface area (Å²) in [6.45, 7) is 8.90. The molecule has 4 aliphatic rings. The number of carbonyl (C=O) groups is 1. The summed E-state index contributed by atoms with van der Waals surface area (Å²) in [5, 5.41) is 7.00. The molecule has 0 saturated heterocycles. The van der Waals surface area contributed by atoms with Gasteiger partial charge in [-0.05, 0) is 38.3 Å². The van der Waals surface area contributed by atoms with Gasteiger partial charge in [0.2, 0.25) is 11.5 Å². The highest BCUT2D eigenvalue weighted by Crippen LogP contribution is 2.50. The number of aliphatic hydroxyl groups excluding tert-OH is 1. The summed E-state index contributed by atoms with van der Waals surface area (Å²) < 4.78 is 7.96. The van der Waals surface area contributed by atoms with Gasteiger partial charge >= 0.3 is 0 Å². The van der Waals surface area contributed by atoms with E-state index in [1.165, 1.54) is 22.5 Å². The summed E-state index contributed by atoms with van der Waals surface area (Å²) in [6.07, 6.45) is 10.7. The van der Waals surface area contributed by atoms with Gasteiger partial charge in [-0.15, -0.1) is 0 Å². The van der Waals surface area contributed by atoms with Crippen LogP contribution in [0, 0.1) is 5.41 Å². The van der Waals surface area contributed by atoms with Crippen LogP contribution in [0.2, 0.25) is 0 Å². The maximum atomic E-state index is 13.4. The largest absolute Gasteiger partial charge is 0.495 e. The number of allylic oxidation sites excluding steroid dienone is 8. The van der Waals surface area contributed by atoms with Gasteiger partial charge in [0, 0.05) is 48.7 Å². The Hall–Kier alpha value is -3.18. The van der Waals surface area contributed by atoms with Gasteiger partial charge in [0.05, 0.1) is 23.7 Å². The van der Waals surface area contributed by atoms with E-state index in [0.29, 0.717) is 16.9 Å². The molecule has 1 aromatic carbocycles. The molecule has 5 nitrogen and oxygen atoms in total. The van der Waals surface area contributed by atoms with Crippen LogP contribution in [0.15, 0.2) is 82.4 Å². The molecular weight excluding hydrogens is 436 g/mol. The minimum absolute atomic E-state index is 0.0524. The number of hydrogen-bond donors (Lipinski definition) is 1. The standard InChI is InChI=1S/C29H33N2O2.CH4O/c1-28(2)20-12-8-10-14-22(20)30(5)24(28)16-18-26(32)19(27(18)33-7)17-25-29(3,4)21-13-9-11-15-23(21)31(25)6;1-2/h8-10,12-14,16-17H,11,15H2,1-7H3;2H,1H3/q+1;. The van der Waals surface area contributed by atoms with E-state index in [1.54, 1.807) is 7.11 Å². The molecule has 0 amide bonds. The number of fused-ring (bicyclic) bond motifs is 1. The lowest BCUT2D eigenvalue weighted by Crippen LogP contribution is -2.31. The van der Waals surface area contributed by atoms with Crippen molar-refractivity contribution in [3.63, 3.8) is 0 Å². The fraction of sp³-hybridized carbons (Fsp3) is 0.400. The highest BCUT2D eigenvalue weighted by atomic mass is 16.5. The molecule has 2 heterocycles. The molecule has 0 fully saturated rings. The van der Waals surface area contributed by atoms with Crippen molar-refractivity contribution in [2.24, 2.45) is 5.41 Å². The van der Waals surface area contributed by atoms with Gasteiger partial charge in [-0.25, -0.2) is 0 Å². The van der Waals surface area contributed by atoms with Crippen LogP contribution in [-0.2, 0) is 14.9 Å². The molecule has 0 saturated carbocycles. The monoisotopic (exact) mass is 473 g/mol. The second-order valence-corrected chi connectivity index (χ2v) is 10.4. The fourth-order valence-electron chi connectivity index (χ4n) is 6.00. The smallest absolute Gasteiger partial charge is 0.209 e. The highest BCUT2D eigenvalue weighted by Gasteiger charge is 2.46. The van der Waals surface area contributed by atoms with E-state index < -0.39 is 0 Å². The second kappa shape index (κ2) is 8.80. The molecule has 1 N–H and O–H groups in total. The van der Waals surface area contributed by atoms with E-state index in [1.807, 2.05) is 12.2 Å². The van der Waals surface area contributed by atoms with Crippen molar-refractivity contribution in [3.05, 3.63) is 88.0 Å². The number of carbonyl (C=O) groups excluding carboxylic acids is 1. The summed E-state index contributed by atoms with van der Waals surface area (Å²) >= 11 is 0. The zero-order valence-corrected chi connectivity index (χ0v) is 22.2. The topological polar surface area (TPSA) is 52.8 Å². The second-order valence-electron chi connectivity index (χ2n) is 10.4. The van der Waals surface area contributed by atoms with E-state index in [4.69, 9.17) is 9.84 Å². The molecule has 0 radical (unpaired) electrons. The van der Waals surface area contributed by atoms with Crippen molar-refractivity contribution in [2.75, 3.05) is 28.3 Å². The third-order valence-electron chi connectivity index (χ3n) is 7.91. The predicted octanol–water partition coefficient (Wildman–Crippen LogP) is 5.17. The van der Waals surface area contributed by atoms with Crippen LogP contribution in [0.5, 0.6) is 0 Å². The van der Waals surface area contributed by atoms with Crippen molar-refractivity contribution in [2.45, 2.75) is 46.0 Å². The van der Waals surface area contributed by atoms with E-state index >= 15 is 0 Å². The van der Waals surface area contributed by atoms with Gasteiger partial charge in [-0.3, -0.25) is 4.79 Å². The maximum Gasteiger partial charge on any atom is 0.209 e. The van der Waals surface area contributed by atoms with Crippen molar-refractivity contribution in [3.8, 4) is 0 Å². The Kier molecular flexibility index (Phi) is 6.26. The van der Waals surface area contributed by atoms with Gasteiger partial charge in [0.25, 0.3) is 0 Å². The van der Waals surface area contributed by atoms with Crippen LogP contribution in [-0.4, -0.2) is 54.4 Å². The number of ether oxygens (including phenoxy) is 1. The van der Waals surface area contributed by atoms with Crippen molar-refractivity contribution in [1.82, 2.24) is 4.90 Å². The number of aliphatic hydroxyl groups is 1. The molecule has 0 spiro atoms. The number of ketones is 1. The van der Waals surface area contributed by atoms with Crippen LogP contribution >= 0.6 is 0 Å². The Morgan fingerprint density at radius 1 is 1.09 bits per heavy atom. The first kappa shape index (κ1) is 24.9. The Balaban J connectivity index is 0.00000141. The zero-order chi connectivity index (χ0) is 25.7. The first-order chi connectivity index (χ1) is 16.6. The first-order valence-corrected chi connectivity index (χ1v) is 12.2. The molecule has 0 aromatic heterocycles. The number of para-hydroxylation sites is 1. The number of methoxy groups -OCH3 is 1. The molecule has 0 unspecified atom stereocenters. The molecule has 1 aromatic rings. The minimum atomic E-state index is -0.186. The third kappa shape index (κ3) is 3.56. The maximum absolute atomic E-state index is 13.4. The van der Waals surface area contributed by atoms with E-state index in [2.05, 4.69) is 87.7 Å². The number of nitrogens with zero attached hydrogens (tertiary/aromatic N) is 2. The quantitative estimate of drug-likeness (QED) is 0.486. The molecule has 0 atom stereocenters. The summed E-state index contributed by atoms with van der Waals surface area (Å²) in [7, 11) is 6.85. The lowest BCUT2D eigenvalue weighted by molar-refractivity contribution is -0.401. The predicted molar refractivity (Wildman–Crippen MR) is 141 cm³/mol. The molecule has 2 aliphatic heterocycles. The Morgan fingerprint density at radius 3 is 2.40 bits per heavy atom. The van der Waals surface area contributed by atoms with E-state index in [9.17, 15) is 4.79 Å². The van der Waals surface area contributed by atoms with Gasteiger partial charge in [0.15, 0.2) is 5.71 Å². The summed E-state index contributed by atoms with van der Waals surface area (Å²) in [5.41, 5.74) is 8.42. The van der Waals surface area contributed by atoms with Gasteiger partial charge in [-0.1, -0.05) is 44.2 Å². The molecule has 184 valence electrons. The van der Waals surface area contributed by atoms with E-state index in [0.717, 1.165) is 31.4 Å². The Labute approximate surface area is 209 Å². The average molecular weight is 474 g/mol. The minimum Gasteiger partial charge on any atom is -0.495 e. The van der Waals surface area contributed by atoms with Crippen molar-refractivity contribution in [1.29, 1.82) is 0 Å². The molecule has 2 aliphatic carbocycles. The normalized spacial score (nSPS) is 24.0. The molecular formula is C30H37N2O3+. The third-order valence-corrected chi connectivity index (χ3v) is 7.91. The Morgan fingerprint density at radius 2 is 1.77 bits per heavy atom. The zero-order valence-electron chi connectivity index (χ0n) is 22.2.